The van der Waals surface area contributed by atoms with Crippen LogP contribution < -0.4 is 0 Å². The number of carbonyl (C=O) groups is 1. The van der Waals surface area contributed by atoms with Gasteiger partial charge in [-0.3, -0.25) is 0 Å². The first-order valence-electron chi connectivity index (χ1n) is 5.40. The van der Waals surface area contributed by atoms with Crippen LogP contribution in [0.15, 0.2) is 35.7 Å². The van der Waals surface area contributed by atoms with Crippen LogP contribution in [0, 0.1) is 0 Å². The zero-order chi connectivity index (χ0) is 12.5. The highest BCUT2D eigenvalue weighted by Crippen LogP contribution is 2.27. The number of benzene rings is 1. The molecule has 3 aromatic rings. The van der Waals surface area contributed by atoms with E-state index >= 15 is 0 Å². The van der Waals surface area contributed by atoms with Gasteiger partial charge in [0.2, 0.25) is 0 Å². The lowest BCUT2D eigenvalue weighted by atomic mass is 10.2. The standard InChI is InChI=1S/C13H10N2O2S/c1-17-13(16)11-10-9(7-18-11)14-12(15-10)8-5-3-2-4-6-8/h2-7H,1H3,(H,14,15). The van der Waals surface area contributed by atoms with Crippen molar-refractivity contribution in [3.05, 3.63) is 40.6 Å². The van der Waals surface area contributed by atoms with Crippen LogP contribution >= 0.6 is 11.3 Å². The van der Waals surface area contributed by atoms with E-state index in [2.05, 4.69) is 9.97 Å². The number of aromatic nitrogens is 2. The number of ether oxygens (including phenoxy) is 1. The minimum atomic E-state index is -0.346. The third kappa shape index (κ3) is 1.69. The number of hydrogen-bond acceptors (Lipinski definition) is 4. The smallest absolute Gasteiger partial charge is 0.350 e. The van der Waals surface area contributed by atoms with Gasteiger partial charge in [-0.2, -0.15) is 0 Å². The minimum absolute atomic E-state index is 0.346. The molecular formula is C13H10N2O2S. The van der Waals surface area contributed by atoms with E-state index in [1.807, 2.05) is 35.7 Å². The van der Waals surface area contributed by atoms with Crippen LogP contribution in [-0.2, 0) is 4.74 Å². The monoisotopic (exact) mass is 258 g/mol. The molecule has 1 aromatic carbocycles. The van der Waals surface area contributed by atoms with Crippen molar-refractivity contribution >= 4 is 28.3 Å². The number of nitrogens with one attached hydrogen (secondary N) is 1. The highest BCUT2D eigenvalue weighted by molar-refractivity contribution is 7.13. The van der Waals surface area contributed by atoms with E-state index in [0.717, 1.165) is 16.9 Å². The number of H-pyrrole nitrogens is 1. The van der Waals surface area contributed by atoms with Gasteiger partial charge in [0.05, 0.1) is 12.6 Å². The zero-order valence-corrected chi connectivity index (χ0v) is 10.5. The van der Waals surface area contributed by atoms with Crippen molar-refractivity contribution in [3.8, 4) is 11.4 Å². The summed E-state index contributed by atoms with van der Waals surface area (Å²) in [4.78, 5) is 19.8. The van der Waals surface area contributed by atoms with Crippen molar-refractivity contribution in [1.82, 2.24) is 9.97 Å². The summed E-state index contributed by atoms with van der Waals surface area (Å²) in [7, 11) is 1.37. The van der Waals surface area contributed by atoms with Crippen LogP contribution in [0.5, 0.6) is 0 Å². The molecule has 0 spiro atoms. The van der Waals surface area contributed by atoms with Gasteiger partial charge >= 0.3 is 5.97 Å². The SMILES string of the molecule is COC(=O)c1scc2[nH]c(-c3ccccc3)nc12. The Kier molecular flexibility index (Phi) is 2.60. The molecule has 1 N–H and O–H groups in total. The Balaban J connectivity index is 2.13. The van der Waals surface area contributed by atoms with E-state index in [0.29, 0.717) is 10.4 Å². The maximum Gasteiger partial charge on any atom is 0.350 e. The molecule has 0 atom stereocenters. The van der Waals surface area contributed by atoms with Crippen molar-refractivity contribution < 1.29 is 9.53 Å². The fourth-order valence-corrected chi connectivity index (χ4v) is 2.64. The largest absolute Gasteiger partial charge is 0.465 e. The van der Waals surface area contributed by atoms with Gasteiger partial charge in [0.15, 0.2) is 0 Å². The first kappa shape index (κ1) is 11.0. The molecule has 5 heteroatoms. The number of hydrogen-bond donors (Lipinski definition) is 1. The average molecular weight is 258 g/mol. The Morgan fingerprint density at radius 3 is 2.83 bits per heavy atom. The molecule has 0 fully saturated rings. The van der Waals surface area contributed by atoms with E-state index in [1.54, 1.807) is 0 Å². The Bertz CT molecular complexity index is 700. The fraction of sp³-hybridized carbons (Fsp3) is 0.0769. The molecule has 0 radical (unpaired) electrons. The number of esters is 1. The van der Waals surface area contributed by atoms with Crippen molar-refractivity contribution in [2.24, 2.45) is 0 Å². The number of aromatic amines is 1. The second kappa shape index (κ2) is 4.27. The fourth-order valence-electron chi connectivity index (χ4n) is 1.79. The Labute approximate surface area is 107 Å². The van der Waals surface area contributed by atoms with Gasteiger partial charge < -0.3 is 9.72 Å². The quantitative estimate of drug-likeness (QED) is 0.719. The highest BCUT2D eigenvalue weighted by Gasteiger charge is 2.17. The number of methoxy groups -OCH3 is 1. The summed E-state index contributed by atoms with van der Waals surface area (Å²) < 4.78 is 4.74. The van der Waals surface area contributed by atoms with Crippen molar-refractivity contribution in [2.45, 2.75) is 0 Å². The highest BCUT2D eigenvalue weighted by atomic mass is 32.1. The van der Waals surface area contributed by atoms with Crippen LogP contribution in [0.25, 0.3) is 22.4 Å². The second-order valence-corrected chi connectivity index (χ2v) is 4.65. The molecule has 3 rings (SSSR count). The van der Waals surface area contributed by atoms with E-state index in [1.165, 1.54) is 18.4 Å². The van der Waals surface area contributed by atoms with Crippen LogP contribution in [0.3, 0.4) is 0 Å². The maximum absolute atomic E-state index is 11.6. The summed E-state index contributed by atoms with van der Waals surface area (Å²) in [5.41, 5.74) is 2.53. The second-order valence-electron chi connectivity index (χ2n) is 3.77. The zero-order valence-electron chi connectivity index (χ0n) is 9.64. The molecule has 90 valence electrons. The van der Waals surface area contributed by atoms with Crippen molar-refractivity contribution in [1.29, 1.82) is 0 Å². The molecule has 0 unspecified atom stereocenters. The number of carbonyl (C=O) groups excluding carboxylic acids is 1. The summed E-state index contributed by atoms with van der Waals surface area (Å²) >= 11 is 1.34. The molecule has 0 amide bonds. The lowest BCUT2D eigenvalue weighted by molar-refractivity contribution is 0.0608. The molecule has 2 aromatic heterocycles. The molecule has 0 saturated carbocycles. The molecular weight excluding hydrogens is 248 g/mol. The number of rotatable bonds is 2. The molecule has 0 aliphatic rings. The Morgan fingerprint density at radius 2 is 2.11 bits per heavy atom. The Hall–Kier alpha value is -2.14. The summed E-state index contributed by atoms with van der Waals surface area (Å²) in [5.74, 6) is 0.416. The molecule has 0 aliphatic carbocycles. The van der Waals surface area contributed by atoms with Gasteiger partial charge in [-0.1, -0.05) is 30.3 Å². The van der Waals surface area contributed by atoms with Crippen LogP contribution in [0.2, 0.25) is 0 Å². The maximum atomic E-state index is 11.6. The lowest BCUT2D eigenvalue weighted by Gasteiger charge is -1.95. The minimum Gasteiger partial charge on any atom is -0.465 e. The third-order valence-electron chi connectivity index (χ3n) is 2.66. The number of nitrogens with zero attached hydrogens (tertiary/aromatic N) is 1. The first-order valence-corrected chi connectivity index (χ1v) is 6.28. The van der Waals surface area contributed by atoms with Gasteiger partial charge in [-0.15, -0.1) is 11.3 Å². The van der Waals surface area contributed by atoms with E-state index in [4.69, 9.17) is 4.74 Å². The molecule has 0 aliphatic heterocycles. The number of fused-ring (bicyclic) bond motifs is 1. The van der Waals surface area contributed by atoms with Crippen molar-refractivity contribution in [3.63, 3.8) is 0 Å². The van der Waals surface area contributed by atoms with Crippen molar-refractivity contribution in [2.75, 3.05) is 7.11 Å². The van der Waals surface area contributed by atoms with Gasteiger partial charge in [0.25, 0.3) is 0 Å². The topological polar surface area (TPSA) is 55.0 Å². The molecule has 18 heavy (non-hydrogen) atoms. The van der Waals surface area contributed by atoms with Gasteiger partial charge in [-0.25, -0.2) is 9.78 Å². The number of imidazole rings is 1. The lowest BCUT2D eigenvalue weighted by Crippen LogP contribution is -1.98. The van der Waals surface area contributed by atoms with Crippen LogP contribution in [0.1, 0.15) is 9.67 Å². The average Bonchev–Trinajstić information content (AvgIpc) is 2.98. The summed E-state index contributed by atoms with van der Waals surface area (Å²) in [6.45, 7) is 0. The molecule has 2 heterocycles. The van der Waals surface area contributed by atoms with Gasteiger partial charge in [0, 0.05) is 10.9 Å². The summed E-state index contributed by atoms with van der Waals surface area (Å²) in [5, 5.41) is 1.88. The predicted molar refractivity (Wildman–Crippen MR) is 70.7 cm³/mol. The van der Waals surface area contributed by atoms with E-state index < -0.39 is 0 Å². The normalized spacial score (nSPS) is 10.7. The van der Waals surface area contributed by atoms with E-state index in [-0.39, 0.29) is 5.97 Å². The van der Waals surface area contributed by atoms with E-state index in [9.17, 15) is 4.79 Å². The molecule has 0 bridgehead atoms. The molecule has 4 nitrogen and oxygen atoms in total. The van der Waals surface area contributed by atoms with Gasteiger partial charge in [-0.05, 0) is 0 Å². The summed E-state index contributed by atoms with van der Waals surface area (Å²) in [6, 6.07) is 9.80. The third-order valence-corrected chi connectivity index (χ3v) is 3.61. The van der Waals surface area contributed by atoms with Gasteiger partial charge in [0.1, 0.15) is 16.2 Å². The predicted octanol–water partition coefficient (Wildman–Crippen LogP) is 3.08. The molecule has 0 saturated heterocycles. The first-order chi connectivity index (χ1) is 8.79. The van der Waals surface area contributed by atoms with Crippen LogP contribution in [0.4, 0.5) is 0 Å². The number of thiophene rings is 1. The summed E-state index contributed by atoms with van der Waals surface area (Å²) in [6.07, 6.45) is 0. The Morgan fingerprint density at radius 1 is 1.33 bits per heavy atom. The van der Waals surface area contributed by atoms with Crippen LogP contribution in [-0.4, -0.2) is 23.0 Å².